The van der Waals surface area contributed by atoms with Gasteiger partial charge < -0.3 is 4.57 Å². The molecule has 0 saturated heterocycles. The highest BCUT2D eigenvalue weighted by Gasteiger charge is 2.17. The molecule has 0 N–H and O–H groups in total. The van der Waals surface area contributed by atoms with Crippen molar-refractivity contribution in [1.82, 2.24) is 19.2 Å². The fourth-order valence-corrected chi connectivity index (χ4v) is 6.50. The Balaban J connectivity index is 1.22. The smallest absolute Gasteiger partial charge is 0.169 e. The van der Waals surface area contributed by atoms with Gasteiger partial charge in [0, 0.05) is 32.8 Å². The highest BCUT2D eigenvalue weighted by molar-refractivity contribution is 6.12. The van der Waals surface area contributed by atoms with E-state index in [1.54, 1.807) is 0 Å². The molecule has 0 aliphatic rings. The van der Waals surface area contributed by atoms with E-state index in [1.807, 2.05) is 0 Å². The molecule has 3 heterocycles. The van der Waals surface area contributed by atoms with Crippen LogP contribution in [0.5, 0.6) is 0 Å². The molecule has 9 rings (SSSR count). The van der Waals surface area contributed by atoms with Crippen LogP contribution < -0.4 is 0 Å². The molecule has 3 aromatic heterocycles. The van der Waals surface area contributed by atoms with Gasteiger partial charge in [-0.15, -0.1) is 10.2 Å². The third kappa shape index (κ3) is 3.29. The van der Waals surface area contributed by atoms with E-state index >= 15 is 0 Å². The molecular formula is C38H24N4. The molecule has 42 heavy (non-hydrogen) atoms. The molecule has 9 aromatic rings. The highest BCUT2D eigenvalue weighted by atomic mass is 15.2. The molecule has 0 bridgehead atoms. The molecule has 0 saturated carbocycles. The second-order valence-corrected chi connectivity index (χ2v) is 10.7. The maximum atomic E-state index is 4.70. The lowest BCUT2D eigenvalue weighted by atomic mass is 10.0. The Kier molecular flexibility index (Phi) is 4.87. The molecule has 0 aliphatic heterocycles. The molecule has 0 fully saturated rings. The average Bonchev–Trinajstić information content (AvgIpc) is 3.66. The number of hydrogen-bond donors (Lipinski definition) is 0. The van der Waals surface area contributed by atoms with Gasteiger partial charge in [-0.1, -0.05) is 97.1 Å². The number of pyridine rings is 1. The first-order valence-corrected chi connectivity index (χ1v) is 14.2. The van der Waals surface area contributed by atoms with E-state index in [4.69, 9.17) is 5.10 Å². The topological polar surface area (TPSA) is 35.1 Å². The van der Waals surface area contributed by atoms with Crippen LogP contribution in [0.4, 0.5) is 0 Å². The fraction of sp³-hybridized carbons (Fsp3) is 0. The van der Waals surface area contributed by atoms with Crippen LogP contribution in [0.2, 0.25) is 0 Å². The molecule has 4 nitrogen and oxygen atoms in total. The molecule has 6 aromatic carbocycles. The largest absolute Gasteiger partial charge is 0.309 e. The Hall–Kier alpha value is -5.74. The van der Waals surface area contributed by atoms with E-state index < -0.39 is 0 Å². The molecular weight excluding hydrogens is 512 g/mol. The SMILES string of the molecule is c1ccc(-c2ccc3c(c2)c2ccccc2n3-c2ccc(-c3nnc4c5ccccc5c5ccccc5n34)cc2)cc1. The number of benzene rings is 6. The van der Waals surface area contributed by atoms with E-state index in [-0.39, 0.29) is 0 Å². The summed E-state index contributed by atoms with van der Waals surface area (Å²) >= 11 is 0. The van der Waals surface area contributed by atoms with Crippen molar-refractivity contribution in [3.8, 4) is 28.2 Å². The second-order valence-electron chi connectivity index (χ2n) is 10.7. The maximum Gasteiger partial charge on any atom is 0.169 e. The van der Waals surface area contributed by atoms with Gasteiger partial charge in [0.2, 0.25) is 0 Å². The van der Waals surface area contributed by atoms with Crippen LogP contribution in [0.3, 0.4) is 0 Å². The van der Waals surface area contributed by atoms with E-state index in [0.29, 0.717) is 0 Å². The summed E-state index contributed by atoms with van der Waals surface area (Å²) in [6.45, 7) is 0. The van der Waals surface area contributed by atoms with Crippen molar-refractivity contribution in [3.63, 3.8) is 0 Å². The van der Waals surface area contributed by atoms with Crippen molar-refractivity contribution in [1.29, 1.82) is 0 Å². The Morgan fingerprint density at radius 1 is 0.381 bits per heavy atom. The molecule has 0 spiro atoms. The Bertz CT molecular complexity index is 2450. The lowest BCUT2D eigenvalue weighted by Gasteiger charge is -2.11. The predicted molar refractivity (Wildman–Crippen MR) is 173 cm³/mol. The van der Waals surface area contributed by atoms with Crippen LogP contribution in [-0.4, -0.2) is 19.2 Å². The summed E-state index contributed by atoms with van der Waals surface area (Å²) in [5, 5.41) is 15.4. The highest BCUT2D eigenvalue weighted by Crippen LogP contribution is 2.36. The molecule has 0 unspecified atom stereocenters. The van der Waals surface area contributed by atoms with Gasteiger partial charge in [-0.3, -0.25) is 4.40 Å². The van der Waals surface area contributed by atoms with Crippen molar-refractivity contribution in [2.45, 2.75) is 0 Å². The Morgan fingerprint density at radius 3 is 1.76 bits per heavy atom. The van der Waals surface area contributed by atoms with Crippen LogP contribution in [0.25, 0.3) is 77.3 Å². The zero-order valence-electron chi connectivity index (χ0n) is 22.6. The summed E-state index contributed by atoms with van der Waals surface area (Å²) in [7, 11) is 0. The lowest BCUT2D eigenvalue weighted by Crippen LogP contribution is -1.96. The Labute approximate surface area is 241 Å². The van der Waals surface area contributed by atoms with E-state index in [9.17, 15) is 0 Å². The first kappa shape index (κ1) is 23.0. The van der Waals surface area contributed by atoms with E-state index in [2.05, 4.69) is 160 Å². The van der Waals surface area contributed by atoms with Gasteiger partial charge in [-0.05, 0) is 65.0 Å². The van der Waals surface area contributed by atoms with Gasteiger partial charge >= 0.3 is 0 Å². The lowest BCUT2D eigenvalue weighted by molar-refractivity contribution is 1.11. The quantitative estimate of drug-likeness (QED) is 0.211. The van der Waals surface area contributed by atoms with Gasteiger partial charge in [0.25, 0.3) is 0 Å². The van der Waals surface area contributed by atoms with Crippen molar-refractivity contribution < 1.29 is 0 Å². The number of aromatic nitrogens is 4. The van der Waals surface area contributed by atoms with E-state index in [1.165, 1.54) is 43.7 Å². The van der Waals surface area contributed by atoms with E-state index in [0.717, 1.165) is 33.6 Å². The van der Waals surface area contributed by atoms with Gasteiger partial charge in [-0.25, -0.2) is 0 Å². The number of rotatable bonds is 3. The minimum atomic E-state index is 0.841. The summed E-state index contributed by atoms with van der Waals surface area (Å²) in [5.74, 6) is 0.841. The number of nitrogens with zero attached hydrogens (tertiary/aromatic N) is 4. The van der Waals surface area contributed by atoms with Crippen LogP contribution in [-0.2, 0) is 0 Å². The molecule has 0 radical (unpaired) electrons. The van der Waals surface area contributed by atoms with Gasteiger partial charge in [0.1, 0.15) is 0 Å². The molecule has 0 amide bonds. The standard InChI is InChI=1S/C38H24N4/c1-2-10-25(11-3-1)27-20-23-36-33(24-27)31-14-7-8-16-34(31)41(36)28-21-18-26(19-22-28)37-39-40-38-32-15-5-4-12-29(32)30-13-6-9-17-35(30)42(37)38/h1-24H. The number of para-hydroxylation sites is 2. The first-order chi connectivity index (χ1) is 20.8. The average molecular weight is 537 g/mol. The fourth-order valence-electron chi connectivity index (χ4n) is 6.50. The third-order valence-electron chi connectivity index (χ3n) is 8.43. The normalized spacial score (nSPS) is 11.8. The summed E-state index contributed by atoms with van der Waals surface area (Å²) in [4.78, 5) is 0. The molecule has 196 valence electrons. The Morgan fingerprint density at radius 2 is 0.976 bits per heavy atom. The molecule has 4 heteroatoms. The van der Waals surface area contributed by atoms with Crippen molar-refractivity contribution >= 4 is 49.1 Å². The summed E-state index contributed by atoms with van der Waals surface area (Å²) in [6, 6.07) is 51.6. The maximum absolute atomic E-state index is 4.70. The zero-order chi connectivity index (χ0) is 27.6. The second kappa shape index (κ2) is 8.88. The molecule has 0 atom stereocenters. The zero-order valence-corrected chi connectivity index (χ0v) is 22.6. The minimum absolute atomic E-state index is 0.841. The van der Waals surface area contributed by atoms with Crippen molar-refractivity contribution in [3.05, 3.63) is 146 Å². The van der Waals surface area contributed by atoms with Crippen LogP contribution in [0.1, 0.15) is 0 Å². The summed E-state index contributed by atoms with van der Waals surface area (Å²) in [5.41, 5.74) is 8.94. The van der Waals surface area contributed by atoms with Crippen molar-refractivity contribution in [2.75, 3.05) is 0 Å². The van der Waals surface area contributed by atoms with Gasteiger partial charge in [0.05, 0.1) is 16.6 Å². The summed E-state index contributed by atoms with van der Waals surface area (Å²) < 4.78 is 4.55. The summed E-state index contributed by atoms with van der Waals surface area (Å²) in [6.07, 6.45) is 0. The van der Waals surface area contributed by atoms with Gasteiger partial charge in [0.15, 0.2) is 11.5 Å². The first-order valence-electron chi connectivity index (χ1n) is 14.2. The predicted octanol–water partition coefficient (Wildman–Crippen LogP) is 9.47. The number of hydrogen-bond acceptors (Lipinski definition) is 2. The minimum Gasteiger partial charge on any atom is -0.309 e. The van der Waals surface area contributed by atoms with Gasteiger partial charge in [-0.2, -0.15) is 0 Å². The van der Waals surface area contributed by atoms with Crippen LogP contribution in [0, 0.1) is 0 Å². The number of fused-ring (bicyclic) bond motifs is 9. The van der Waals surface area contributed by atoms with Crippen LogP contribution >= 0.6 is 0 Å². The van der Waals surface area contributed by atoms with Crippen molar-refractivity contribution in [2.24, 2.45) is 0 Å². The molecule has 0 aliphatic carbocycles. The third-order valence-corrected chi connectivity index (χ3v) is 8.43. The monoisotopic (exact) mass is 536 g/mol. The van der Waals surface area contributed by atoms with Crippen LogP contribution in [0.15, 0.2) is 146 Å².